The van der Waals surface area contributed by atoms with Crippen LogP contribution in [-0.4, -0.2) is 24.8 Å². The Morgan fingerprint density at radius 1 is 1.19 bits per heavy atom. The standard InChI is InChI=1S/C14H27NO/c1-3-13(14-5-4-10-16-14)15-12-8-6-11(2)7-9-12/h11-15H,3-10H2,1-2H3. The van der Waals surface area contributed by atoms with E-state index in [4.69, 9.17) is 4.74 Å². The Kier molecular flexibility index (Phi) is 4.66. The van der Waals surface area contributed by atoms with Crippen molar-refractivity contribution in [3.8, 4) is 0 Å². The summed E-state index contributed by atoms with van der Waals surface area (Å²) >= 11 is 0. The molecule has 2 atom stereocenters. The van der Waals surface area contributed by atoms with Crippen LogP contribution < -0.4 is 5.32 Å². The van der Waals surface area contributed by atoms with Gasteiger partial charge in [0.15, 0.2) is 0 Å². The Balaban J connectivity index is 1.77. The Labute approximate surface area is 100 Å². The van der Waals surface area contributed by atoms with Crippen LogP contribution in [0.3, 0.4) is 0 Å². The average molecular weight is 225 g/mol. The molecule has 1 heterocycles. The second-order valence-corrected chi connectivity index (χ2v) is 5.69. The second-order valence-electron chi connectivity index (χ2n) is 5.69. The van der Waals surface area contributed by atoms with Gasteiger partial charge in [0.05, 0.1) is 6.10 Å². The lowest BCUT2D eigenvalue weighted by atomic mass is 9.86. The molecule has 1 aliphatic heterocycles. The summed E-state index contributed by atoms with van der Waals surface area (Å²) in [5.74, 6) is 0.945. The zero-order chi connectivity index (χ0) is 11.4. The minimum absolute atomic E-state index is 0.490. The number of nitrogens with one attached hydrogen (secondary N) is 1. The quantitative estimate of drug-likeness (QED) is 0.794. The molecule has 2 heteroatoms. The molecule has 1 N–H and O–H groups in total. The zero-order valence-electron chi connectivity index (χ0n) is 10.9. The van der Waals surface area contributed by atoms with Gasteiger partial charge in [-0.3, -0.25) is 0 Å². The van der Waals surface area contributed by atoms with Gasteiger partial charge < -0.3 is 10.1 Å². The molecule has 2 rings (SSSR count). The molecule has 2 aliphatic rings. The van der Waals surface area contributed by atoms with Gasteiger partial charge in [-0.1, -0.05) is 13.8 Å². The molecule has 94 valence electrons. The minimum atomic E-state index is 0.490. The molecule has 16 heavy (non-hydrogen) atoms. The highest BCUT2D eigenvalue weighted by molar-refractivity contribution is 4.84. The summed E-state index contributed by atoms with van der Waals surface area (Å²) in [5.41, 5.74) is 0. The Bertz CT molecular complexity index is 193. The molecule has 2 nitrogen and oxygen atoms in total. The maximum atomic E-state index is 5.81. The minimum Gasteiger partial charge on any atom is -0.377 e. The molecule has 1 saturated heterocycles. The second kappa shape index (κ2) is 6.02. The molecular weight excluding hydrogens is 198 g/mol. The van der Waals surface area contributed by atoms with E-state index in [1.807, 2.05) is 0 Å². The molecule has 0 aromatic heterocycles. The summed E-state index contributed by atoms with van der Waals surface area (Å²) in [4.78, 5) is 0. The van der Waals surface area contributed by atoms with E-state index in [0.717, 1.165) is 18.6 Å². The van der Waals surface area contributed by atoms with Crippen molar-refractivity contribution in [2.45, 2.75) is 77.0 Å². The first-order chi connectivity index (χ1) is 7.79. The molecule has 0 amide bonds. The van der Waals surface area contributed by atoms with Crippen LogP contribution in [0.4, 0.5) is 0 Å². The van der Waals surface area contributed by atoms with Crippen molar-refractivity contribution in [3.05, 3.63) is 0 Å². The smallest absolute Gasteiger partial charge is 0.0728 e. The fourth-order valence-electron chi connectivity index (χ4n) is 3.14. The van der Waals surface area contributed by atoms with Crippen LogP contribution in [0, 0.1) is 5.92 Å². The SMILES string of the molecule is CCC(NC1CCC(C)CC1)C1CCCO1. The van der Waals surface area contributed by atoms with Gasteiger partial charge in [0.25, 0.3) is 0 Å². The molecule has 2 fully saturated rings. The maximum absolute atomic E-state index is 5.81. The van der Waals surface area contributed by atoms with Crippen LogP contribution in [0.15, 0.2) is 0 Å². The van der Waals surface area contributed by atoms with Crippen LogP contribution >= 0.6 is 0 Å². The molecule has 1 saturated carbocycles. The Morgan fingerprint density at radius 2 is 1.94 bits per heavy atom. The van der Waals surface area contributed by atoms with Crippen LogP contribution in [0.2, 0.25) is 0 Å². The van der Waals surface area contributed by atoms with Gasteiger partial charge in [0.1, 0.15) is 0 Å². The van der Waals surface area contributed by atoms with E-state index in [0.29, 0.717) is 12.1 Å². The third kappa shape index (κ3) is 3.21. The summed E-state index contributed by atoms with van der Waals surface area (Å²) in [7, 11) is 0. The molecule has 0 radical (unpaired) electrons. The van der Waals surface area contributed by atoms with E-state index in [-0.39, 0.29) is 0 Å². The first kappa shape index (κ1) is 12.4. The molecule has 0 spiro atoms. The Morgan fingerprint density at radius 3 is 2.50 bits per heavy atom. The van der Waals surface area contributed by atoms with Crippen LogP contribution in [0.1, 0.15) is 58.8 Å². The lowest BCUT2D eigenvalue weighted by Crippen LogP contribution is -2.46. The van der Waals surface area contributed by atoms with Crippen molar-refractivity contribution in [2.24, 2.45) is 5.92 Å². The topological polar surface area (TPSA) is 21.3 Å². The lowest BCUT2D eigenvalue weighted by Gasteiger charge is -2.32. The van der Waals surface area contributed by atoms with Crippen molar-refractivity contribution in [1.82, 2.24) is 5.32 Å². The van der Waals surface area contributed by atoms with Gasteiger partial charge >= 0.3 is 0 Å². The summed E-state index contributed by atoms with van der Waals surface area (Å²) in [6.45, 7) is 5.64. The fourth-order valence-corrected chi connectivity index (χ4v) is 3.14. The van der Waals surface area contributed by atoms with Crippen molar-refractivity contribution < 1.29 is 4.74 Å². The van der Waals surface area contributed by atoms with E-state index < -0.39 is 0 Å². The zero-order valence-corrected chi connectivity index (χ0v) is 10.9. The largest absolute Gasteiger partial charge is 0.377 e. The maximum Gasteiger partial charge on any atom is 0.0728 e. The monoisotopic (exact) mass is 225 g/mol. The fraction of sp³-hybridized carbons (Fsp3) is 1.00. The van der Waals surface area contributed by atoms with Gasteiger partial charge in [0, 0.05) is 18.7 Å². The number of rotatable bonds is 4. The summed E-state index contributed by atoms with van der Waals surface area (Å²) < 4.78 is 5.81. The summed E-state index contributed by atoms with van der Waals surface area (Å²) in [6.07, 6.45) is 9.74. The third-order valence-corrected chi connectivity index (χ3v) is 4.32. The van der Waals surface area contributed by atoms with E-state index in [9.17, 15) is 0 Å². The summed E-state index contributed by atoms with van der Waals surface area (Å²) in [6, 6.07) is 1.35. The van der Waals surface area contributed by atoms with Crippen LogP contribution in [0.5, 0.6) is 0 Å². The predicted molar refractivity (Wildman–Crippen MR) is 67.6 cm³/mol. The van der Waals surface area contributed by atoms with Gasteiger partial charge in [-0.05, 0) is 50.9 Å². The predicted octanol–water partition coefficient (Wildman–Crippen LogP) is 3.11. The van der Waals surface area contributed by atoms with E-state index in [1.54, 1.807) is 0 Å². The third-order valence-electron chi connectivity index (χ3n) is 4.32. The average Bonchev–Trinajstić information content (AvgIpc) is 2.82. The molecule has 0 aromatic rings. The summed E-state index contributed by atoms with van der Waals surface area (Å²) in [5, 5.41) is 3.84. The van der Waals surface area contributed by atoms with Crippen molar-refractivity contribution in [2.75, 3.05) is 6.61 Å². The first-order valence-corrected chi connectivity index (χ1v) is 7.17. The lowest BCUT2D eigenvalue weighted by molar-refractivity contribution is 0.0695. The number of hydrogen-bond acceptors (Lipinski definition) is 2. The van der Waals surface area contributed by atoms with Crippen molar-refractivity contribution in [1.29, 1.82) is 0 Å². The van der Waals surface area contributed by atoms with Crippen LogP contribution in [0.25, 0.3) is 0 Å². The normalized spacial score (nSPS) is 37.5. The number of hydrogen-bond donors (Lipinski definition) is 1. The van der Waals surface area contributed by atoms with Gasteiger partial charge in [-0.25, -0.2) is 0 Å². The van der Waals surface area contributed by atoms with Crippen molar-refractivity contribution in [3.63, 3.8) is 0 Å². The molecular formula is C14H27NO. The highest BCUT2D eigenvalue weighted by Crippen LogP contribution is 2.25. The molecule has 0 aromatic carbocycles. The van der Waals surface area contributed by atoms with Gasteiger partial charge in [0.2, 0.25) is 0 Å². The number of ether oxygens (including phenoxy) is 1. The molecule has 0 bridgehead atoms. The van der Waals surface area contributed by atoms with Gasteiger partial charge in [-0.15, -0.1) is 0 Å². The van der Waals surface area contributed by atoms with E-state index in [2.05, 4.69) is 19.2 Å². The van der Waals surface area contributed by atoms with Crippen LogP contribution in [-0.2, 0) is 4.74 Å². The highest BCUT2D eigenvalue weighted by Gasteiger charge is 2.27. The molecule has 2 unspecified atom stereocenters. The first-order valence-electron chi connectivity index (χ1n) is 7.17. The Hall–Kier alpha value is -0.0800. The molecule has 1 aliphatic carbocycles. The van der Waals surface area contributed by atoms with Gasteiger partial charge in [-0.2, -0.15) is 0 Å². The highest BCUT2D eigenvalue weighted by atomic mass is 16.5. The van der Waals surface area contributed by atoms with Crippen molar-refractivity contribution >= 4 is 0 Å². The van der Waals surface area contributed by atoms with E-state index >= 15 is 0 Å². The van der Waals surface area contributed by atoms with E-state index in [1.165, 1.54) is 44.9 Å².